The van der Waals surface area contributed by atoms with Crippen LogP contribution in [-0.2, 0) is 6.42 Å². The number of allylic oxidation sites excluding steroid dienone is 1. The Hall–Kier alpha value is -2.89. The van der Waals surface area contributed by atoms with E-state index in [1.165, 1.54) is 18.5 Å². The maximum absolute atomic E-state index is 11.6. The Morgan fingerprint density at radius 1 is 1.50 bits per heavy atom. The van der Waals surface area contributed by atoms with E-state index in [1.54, 1.807) is 24.3 Å². The molecule has 1 aromatic carbocycles. The number of hydrogen-bond donors (Lipinski definition) is 3. The zero-order chi connectivity index (χ0) is 14.4. The van der Waals surface area contributed by atoms with Gasteiger partial charge in [0.1, 0.15) is 11.4 Å². The fourth-order valence-corrected chi connectivity index (χ4v) is 1.64. The van der Waals surface area contributed by atoms with Crippen molar-refractivity contribution in [1.29, 1.82) is 0 Å². The lowest BCUT2D eigenvalue weighted by Gasteiger charge is -2.04. The molecule has 6 heteroatoms. The summed E-state index contributed by atoms with van der Waals surface area (Å²) in [6, 6.07) is 6.84. The van der Waals surface area contributed by atoms with Crippen molar-refractivity contribution in [3.05, 3.63) is 59.9 Å². The molecule has 0 radical (unpaired) electrons. The number of aromatic nitrogens is 2. The van der Waals surface area contributed by atoms with Gasteiger partial charge in [0.05, 0.1) is 6.21 Å². The van der Waals surface area contributed by atoms with Crippen molar-refractivity contribution < 1.29 is 9.90 Å². The van der Waals surface area contributed by atoms with Crippen LogP contribution in [0.15, 0.2) is 48.2 Å². The molecule has 0 aliphatic heterocycles. The third kappa shape index (κ3) is 3.11. The second kappa shape index (κ2) is 6.33. The lowest BCUT2D eigenvalue weighted by molar-refractivity contribution is 0.0950. The molecular weight excluding hydrogens is 256 g/mol. The smallest absolute Gasteiger partial charge is 0.289 e. The van der Waals surface area contributed by atoms with E-state index >= 15 is 0 Å². The molecule has 2 aromatic rings. The van der Waals surface area contributed by atoms with Crippen LogP contribution in [0.1, 0.15) is 21.6 Å². The number of rotatable bonds is 5. The van der Waals surface area contributed by atoms with Gasteiger partial charge in [-0.15, -0.1) is 6.58 Å². The number of carbonyl (C=O) groups excluding carboxylic acids is 1. The number of aromatic amines is 1. The number of nitrogens with one attached hydrogen (secondary N) is 2. The van der Waals surface area contributed by atoms with Crippen LogP contribution in [0.4, 0.5) is 0 Å². The monoisotopic (exact) mass is 270 g/mol. The van der Waals surface area contributed by atoms with Crippen molar-refractivity contribution in [2.45, 2.75) is 6.42 Å². The molecule has 0 aliphatic rings. The molecule has 0 bridgehead atoms. The first-order chi connectivity index (χ1) is 9.72. The molecule has 1 heterocycles. The second-order valence-electron chi connectivity index (χ2n) is 4.02. The first kappa shape index (κ1) is 13.5. The second-order valence-corrected chi connectivity index (χ2v) is 4.02. The average Bonchev–Trinajstić information content (AvgIpc) is 2.97. The molecule has 0 atom stereocenters. The number of para-hydroxylation sites is 1. The average molecular weight is 270 g/mol. The fourth-order valence-electron chi connectivity index (χ4n) is 1.64. The Labute approximate surface area is 115 Å². The molecular formula is C14H14N4O2. The van der Waals surface area contributed by atoms with Gasteiger partial charge in [0.2, 0.25) is 0 Å². The Morgan fingerprint density at radius 2 is 2.35 bits per heavy atom. The lowest BCUT2D eigenvalue weighted by atomic mass is 10.1. The van der Waals surface area contributed by atoms with E-state index in [0.29, 0.717) is 17.7 Å². The number of amides is 1. The van der Waals surface area contributed by atoms with Gasteiger partial charge in [-0.1, -0.05) is 18.2 Å². The normalized spacial score (nSPS) is 10.6. The van der Waals surface area contributed by atoms with E-state index in [0.717, 1.165) is 5.56 Å². The molecule has 20 heavy (non-hydrogen) atoms. The van der Waals surface area contributed by atoms with Crippen LogP contribution in [0.2, 0.25) is 0 Å². The lowest BCUT2D eigenvalue weighted by Crippen LogP contribution is -2.18. The van der Waals surface area contributed by atoms with Crippen LogP contribution in [0.5, 0.6) is 5.75 Å². The van der Waals surface area contributed by atoms with E-state index in [9.17, 15) is 9.90 Å². The number of phenols is 1. The summed E-state index contributed by atoms with van der Waals surface area (Å²) in [5.41, 5.74) is 3.93. The first-order valence-corrected chi connectivity index (χ1v) is 5.97. The van der Waals surface area contributed by atoms with Gasteiger partial charge in [-0.2, -0.15) is 10.2 Å². The predicted octanol–water partition coefficient (Wildman–Crippen LogP) is 1.61. The molecule has 0 saturated heterocycles. The first-order valence-electron chi connectivity index (χ1n) is 5.97. The summed E-state index contributed by atoms with van der Waals surface area (Å²) >= 11 is 0. The summed E-state index contributed by atoms with van der Waals surface area (Å²) in [6.45, 7) is 3.63. The number of nitrogens with zero attached hydrogens (tertiary/aromatic N) is 2. The molecule has 0 saturated carbocycles. The maximum atomic E-state index is 11.6. The molecule has 0 spiro atoms. The van der Waals surface area contributed by atoms with E-state index in [2.05, 4.69) is 27.3 Å². The standard InChI is InChI=1S/C14H14N4O2/c1-2-4-10-5-3-6-11(13(10)19)9-16-18-14(20)12-7-8-15-17-12/h2-3,5-9,19H,1,4H2,(H,15,17)(H,18,20)/b16-9+. The molecule has 0 aliphatic carbocycles. The van der Waals surface area contributed by atoms with Gasteiger partial charge >= 0.3 is 0 Å². The quantitative estimate of drug-likeness (QED) is 0.438. The van der Waals surface area contributed by atoms with E-state index in [4.69, 9.17) is 0 Å². The number of H-pyrrole nitrogens is 1. The zero-order valence-corrected chi connectivity index (χ0v) is 10.7. The van der Waals surface area contributed by atoms with Crippen molar-refractivity contribution in [3.8, 4) is 5.75 Å². The van der Waals surface area contributed by atoms with Crippen LogP contribution in [0.3, 0.4) is 0 Å². The number of hydrogen-bond acceptors (Lipinski definition) is 4. The third-order valence-corrected chi connectivity index (χ3v) is 2.63. The van der Waals surface area contributed by atoms with Crippen LogP contribution >= 0.6 is 0 Å². The van der Waals surface area contributed by atoms with Crippen LogP contribution < -0.4 is 5.43 Å². The number of hydrazone groups is 1. The highest BCUT2D eigenvalue weighted by Crippen LogP contribution is 2.21. The summed E-state index contributed by atoms with van der Waals surface area (Å²) in [6.07, 6.45) is 5.13. The van der Waals surface area contributed by atoms with E-state index < -0.39 is 5.91 Å². The van der Waals surface area contributed by atoms with E-state index in [-0.39, 0.29) is 5.75 Å². The van der Waals surface area contributed by atoms with Crippen LogP contribution in [-0.4, -0.2) is 27.4 Å². The van der Waals surface area contributed by atoms with Crippen molar-refractivity contribution >= 4 is 12.1 Å². The number of aromatic hydroxyl groups is 1. The van der Waals surface area contributed by atoms with Gasteiger partial charge in [-0.3, -0.25) is 9.89 Å². The van der Waals surface area contributed by atoms with Crippen molar-refractivity contribution in [2.24, 2.45) is 5.10 Å². The molecule has 1 aromatic heterocycles. The minimum atomic E-state index is -0.402. The van der Waals surface area contributed by atoms with Crippen molar-refractivity contribution in [3.63, 3.8) is 0 Å². The van der Waals surface area contributed by atoms with Gasteiger partial charge in [0.15, 0.2) is 0 Å². The Bertz CT molecular complexity index is 633. The minimum Gasteiger partial charge on any atom is -0.507 e. The van der Waals surface area contributed by atoms with Crippen molar-refractivity contribution in [2.75, 3.05) is 0 Å². The number of phenolic OH excluding ortho intramolecular Hbond substituents is 1. The van der Waals surface area contributed by atoms with Gasteiger partial charge in [0.25, 0.3) is 5.91 Å². The predicted molar refractivity (Wildman–Crippen MR) is 75.7 cm³/mol. The molecule has 6 nitrogen and oxygen atoms in total. The van der Waals surface area contributed by atoms with Gasteiger partial charge in [-0.05, 0) is 24.1 Å². The van der Waals surface area contributed by atoms with Gasteiger partial charge < -0.3 is 5.11 Å². The van der Waals surface area contributed by atoms with E-state index in [1.807, 2.05) is 0 Å². The van der Waals surface area contributed by atoms with Crippen molar-refractivity contribution in [1.82, 2.24) is 15.6 Å². The highest BCUT2D eigenvalue weighted by molar-refractivity contribution is 5.93. The Kier molecular flexibility index (Phi) is 4.28. The SMILES string of the molecule is C=CCc1cccc(/C=N/NC(=O)c2ccn[nH]2)c1O. The minimum absolute atomic E-state index is 0.131. The number of benzene rings is 1. The topological polar surface area (TPSA) is 90.4 Å². The number of carbonyl (C=O) groups is 1. The summed E-state index contributed by atoms with van der Waals surface area (Å²) in [5, 5.41) is 20.0. The molecule has 0 unspecified atom stereocenters. The highest BCUT2D eigenvalue weighted by atomic mass is 16.3. The zero-order valence-electron chi connectivity index (χ0n) is 10.7. The summed E-state index contributed by atoms with van der Waals surface area (Å²) in [7, 11) is 0. The molecule has 2 rings (SSSR count). The van der Waals surface area contributed by atoms with Crippen LogP contribution in [0.25, 0.3) is 0 Å². The largest absolute Gasteiger partial charge is 0.507 e. The molecule has 102 valence electrons. The Balaban J connectivity index is 2.06. The van der Waals surface area contributed by atoms with Gasteiger partial charge in [0, 0.05) is 11.8 Å². The molecule has 1 amide bonds. The summed E-state index contributed by atoms with van der Waals surface area (Å²) < 4.78 is 0. The summed E-state index contributed by atoms with van der Waals surface area (Å²) in [4.78, 5) is 11.6. The molecule has 0 fully saturated rings. The summed E-state index contributed by atoms with van der Waals surface area (Å²) in [5.74, 6) is -0.271. The fraction of sp³-hybridized carbons (Fsp3) is 0.0714. The maximum Gasteiger partial charge on any atom is 0.289 e. The highest BCUT2D eigenvalue weighted by Gasteiger charge is 2.06. The third-order valence-electron chi connectivity index (χ3n) is 2.63. The molecule has 3 N–H and O–H groups in total. The Morgan fingerprint density at radius 3 is 3.05 bits per heavy atom. The van der Waals surface area contributed by atoms with Gasteiger partial charge in [-0.25, -0.2) is 5.43 Å². The van der Waals surface area contributed by atoms with Crippen LogP contribution in [0, 0.1) is 0 Å².